The van der Waals surface area contributed by atoms with Crippen molar-refractivity contribution in [3.63, 3.8) is 0 Å². The number of aliphatic imine (C=N–C) groups is 1. The van der Waals surface area contributed by atoms with Crippen LogP contribution in [-0.2, 0) is 4.79 Å². The summed E-state index contributed by atoms with van der Waals surface area (Å²) in [6, 6.07) is 17.3. The SMILES string of the molecule is CCCCCN(CCCCC)C1=N/C(=C\c2ccccc2)C(=O)N1c1cccc(Cl)c1. The molecule has 0 unspecified atom stereocenters. The van der Waals surface area contributed by atoms with Gasteiger partial charge in [-0.3, -0.25) is 4.79 Å². The number of hydrogen-bond donors (Lipinski definition) is 0. The number of amides is 1. The zero-order chi connectivity index (χ0) is 22.1. The minimum absolute atomic E-state index is 0.114. The average Bonchev–Trinajstić information content (AvgIpc) is 3.09. The molecule has 1 heterocycles. The summed E-state index contributed by atoms with van der Waals surface area (Å²) >= 11 is 6.26. The standard InChI is InChI=1S/C26H32ClN3O/c1-3-5-10-17-29(18-11-6-4-2)26-28-24(19-21-13-8-7-9-14-21)25(31)30(26)23-16-12-15-22(27)20-23/h7-9,12-16,19-20H,3-6,10-11,17-18H2,1-2H3/b24-19-. The van der Waals surface area contributed by atoms with E-state index < -0.39 is 0 Å². The molecule has 0 bridgehead atoms. The Kier molecular flexibility index (Phi) is 8.72. The number of halogens is 1. The van der Waals surface area contributed by atoms with Crippen LogP contribution >= 0.6 is 11.6 Å². The predicted molar refractivity (Wildman–Crippen MR) is 131 cm³/mol. The zero-order valence-electron chi connectivity index (χ0n) is 18.6. The van der Waals surface area contributed by atoms with Gasteiger partial charge >= 0.3 is 0 Å². The summed E-state index contributed by atoms with van der Waals surface area (Å²) in [6.45, 7) is 6.19. The molecule has 164 valence electrons. The van der Waals surface area contributed by atoms with Crippen molar-refractivity contribution in [3.8, 4) is 0 Å². The summed E-state index contributed by atoms with van der Waals surface area (Å²) in [5.41, 5.74) is 2.17. The molecular formula is C26H32ClN3O. The molecule has 0 N–H and O–H groups in total. The minimum atomic E-state index is -0.114. The van der Waals surface area contributed by atoms with Crippen LogP contribution in [0.3, 0.4) is 0 Å². The van der Waals surface area contributed by atoms with Crippen molar-refractivity contribution in [3.05, 3.63) is 70.9 Å². The third kappa shape index (κ3) is 6.20. The second-order valence-corrected chi connectivity index (χ2v) is 8.31. The summed E-state index contributed by atoms with van der Waals surface area (Å²) in [5.74, 6) is 0.596. The fraction of sp³-hybridized carbons (Fsp3) is 0.385. The first-order chi connectivity index (χ1) is 15.1. The molecule has 3 rings (SSSR count). The molecule has 1 amide bonds. The van der Waals surface area contributed by atoms with Crippen LogP contribution in [0.2, 0.25) is 5.02 Å². The summed E-state index contributed by atoms with van der Waals surface area (Å²) in [6.07, 6.45) is 8.67. The fourth-order valence-corrected chi connectivity index (χ4v) is 3.87. The van der Waals surface area contributed by atoms with Gasteiger partial charge in [-0.1, -0.05) is 87.5 Å². The maximum absolute atomic E-state index is 13.5. The Hall–Kier alpha value is -2.59. The molecule has 1 aliphatic heterocycles. The third-order valence-corrected chi connectivity index (χ3v) is 5.59. The van der Waals surface area contributed by atoms with Crippen LogP contribution < -0.4 is 4.90 Å². The molecule has 0 saturated carbocycles. The lowest BCUT2D eigenvalue weighted by Gasteiger charge is -2.30. The number of anilines is 1. The molecule has 0 saturated heterocycles. The van der Waals surface area contributed by atoms with Crippen LogP contribution in [0.1, 0.15) is 57.9 Å². The van der Waals surface area contributed by atoms with E-state index in [2.05, 4.69) is 18.7 Å². The molecule has 0 radical (unpaired) electrons. The monoisotopic (exact) mass is 437 g/mol. The lowest BCUT2D eigenvalue weighted by molar-refractivity contribution is -0.113. The number of rotatable bonds is 10. The molecule has 0 atom stereocenters. The van der Waals surface area contributed by atoms with Crippen molar-refractivity contribution in [1.82, 2.24) is 4.90 Å². The first-order valence-corrected chi connectivity index (χ1v) is 11.7. The average molecular weight is 438 g/mol. The molecule has 0 aliphatic carbocycles. The van der Waals surface area contributed by atoms with Crippen molar-refractivity contribution >= 4 is 35.2 Å². The van der Waals surface area contributed by atoms with Crippen LogP contribution in [0.15, 0.2) is 65.3 Å². The van der Waals surface area contributed by atoms with Gasteiger partial charge in [-0.05, 0) is 42.7 Å². The van der Waals surface area contributed by atoms with E-state index in [-0.39, 0.29) is 5.91 Å². The van der Waals surface area contributed by atoms with Crippen LogP contribution in [-0.4, -0.2) is 29.9 Å². The lowest BCUT2D eigenvalue weighted by Crippen LogP contribution is -2.45. The largest absolute Gasteiger partial charge is 0.342 e. The van der Waals surface area contributed by atoms with Gasteiger partial charge in [-0.25, -0.2) is 9.89 Å². The Bertz CT molecular complexity index is 913. The normalized spacial score (nSPS) is 14.9. The Morgan fingerprint density at radius 1 is 0.935 bits per heavy atom. The number of hydrogen-bond acceptors (Lipinski definition) is 3. The smallest absolute Gasteiger partial charge is 0.283 e. The molecule has 0 spiro atoms. The van der Waals surface area contributed by atoms with Crippen LogP contribution in [0.5, 0.6) is 0 Å². The summed E-state index contributed by atoms with van der Waals surface area (Å²) in [5, 5.41) is 0.605. The van der Waals surface area contributed by atoms with Crippen molar-refractivity contribution in [2.45, 2.75) is 52.4 Å². The van der Waals surface area contributed by atoms with Gasteiger partial charge < -0.3 is 4.90 Å². The fourth-order valence-electron chi connectivity index (χ4n) is 3.69. The van der Waals surface area contributed by atoms with E-state index in [0.717, 1.165) is 62.9 Å². The minimum Gasteiger partial charge on any atom is -0.342 e. The maximum Gasteiger partial charge on any atom is 0.283 e. The van der Waals surface area contributed by atoms with Gasteiger partial charge in [0.05, 0.1) is 5.69 Å². The molecule has 1 aliphatic rings. The molecule has 4 nitrogen and oxygen atoms in total. The first kappa shape index (κ1) is 23.1. The molecule has 5 heteroatoms. The third-order valence-electron chi connectivity index (χ3n) is 5.36. The van der Waals surface area contributed by atoms with Crippen molar-refractivity contribution < 1.29 is 4.79 Å². The molecule has 2 aromatic rings. The van der Waals surface area contributed by atoms with E-state index >= 15 is 0 Å². The van der Waals surface area contributed by atoms with E-state index in [4.69, 9.17) is 16.6 Å². The van der Waals surface area contributed by atoms with E-state index in [1.54, 1.807) is 4.90 Å². The van der Waals surface area contributed by atoms with Gasteiger partial charge in [0.15, 0.2) is 0 Å². The maximum atomic E-state index is 13.5. The Labute approximate surface area is 191 Å². The molecule has 0 aromatic heterocycles. The number of carbonyl (C=O) groups excluding carboxylic acids is 1. The molecular weight excluding hydrogens is 406 g/mol. The highest BCUT2D eigenvalue weighted by atomic mass is 35.5. The van der Waals surface area contributed by atoms with Crippen LogP contribution in [0, 0.1) is 0 Å². The van der Waals surface area contributed by atoms with Gasteiger partial charge in [0.25, 0.3) is 5.91 Å². The number of nitrogens with zero attached hydrogens (tertiary/aromatic N) is 3. The predicted octanol–water partition coefficient (Wildman–Crippen LogP) is 6.77. The van der Waals surface area contributed by atoms with Gasteiger partial charge in [-0.15, -0.1) is 0 Å². The molecule has 0 fully saturated rings. The molecule has 31 heavy (non-hydrogen) atoms. The number of guanidine groups is 1. The van der Waals surface area contributed by atoms with Crippen LogP contribution in [0.4, 0.5) is 5.69 Å². The van der Waals surface area contributed by atoms with Gasteiger partial charge in [-0.2, -0.15) is 0 Å². The topological polar surface area (TPSA) is 35.9 Å². The van der Waals surface area contributed by atoms with E-state index in [1.807, 2.05) is 60.7 Å². The number of unbranched alkanes of at least 4 members (excludes halogenated alkanes) is 4. The zero-order valence-corrected chi connectivity index (χ0v) is 19.3. The van der Waals surface area contributed by atoms with Gasteiger partial charge in [0, 0.05) is 18.1 Å². The Morgan fingerprint density at radius 2 is 1.61 bits per heavy atom. The van der Waals surface area contributed by atoms with Crippen LogP contribution in [0.25, 0.3) is 6.08 Å². The quantitative estimate of drug-likeness (QED) is 0.304. The number of benzene rings is 2. The van der Waals surface area contributed by atoms with Gasteiger partial charge in [0.2, 0.25) is 5.96 Å². The van der Waals surface area contributed by atoms with E-state index in [0.29, 0.717) is 16.7 Å². The summed E-state index contributed by atoms with van der Waals surface area (Å²) in [7, 11) is 0. The second kappa shape index (κ2) is 11.7. The molecule has 2 aromatic carbocycles. The van der Waals surface area contributed by atoms with Crippen molar-refractivity contribution in [1.29, 1.82) is 0 Å². The highest BCUT2D eigenvalue weighted by Crippen LogP contribution is 2.28. The van der Waals surface area contributed by atoms with Crippen molar-refractivity contribution in [2.75, 3.05) is 18.0 Å². The van der Waals surface area contributed by atoms with Crippen molar-refractivity contribution in [2.24, 2.45) is 4.99 Å². The van der Waals surface area contributed by atoms with E-state index in [9.17, 15) is 4.79 Å². The Balaban J connectivity index is 1.99. The first-order valence-electron chi connectivity index (χ1n) is 11.3. The number of carbonyl (C=O) groups is 1. The lowest BCUT2D eigenvalue weighted by atomic mass is 10.2. The highest BCUT2D eigenvalue weighted by molar-refractivity contribution is 6.32. The van der Waals surface area contributed by atoms with Gasteiger partial charge in [0.1, 0.15) is 5.70 Å². The summed E-state index contributed by atoms with van der Waals surface area (Å²) in [4.78, 5) is 22.3. The Morgan fingerprint density at radius 3 is 2.23 bits per heavy atom. The highest BCUT2D eigenvalue weighted by Gasteiger charge is 2.34. The summed E-state index contributed by atoms with van der Waals surface area (Å²) < 4.78 is 0. The van der Waals surface area contributed by atoms with E-state index in [1.165, 1.54) is 0 Å². The second-order valence-electron chi connectivity index (χ2n) is 7.87.